The van der Waals surface area contributed by atoms with Gasteiger partial charge in [-0.1, -0.05) is 6.92 Å². The molecule has 2 heterocycles. The topological polar surface area (TPSA) is 75.8 Å². The Kier molecular flexibility index (Phi) is 4.71. The number of rotatable bonds is 2. The van der Waals surface area contributed by atoms with Gasteiger partial charge in [-0.2, -0.15) is 0 Å². The summed E-state index contributed by atoms with van der Waals surface area (Å²) in [7, 11) is -2.84. The van der Waals surface area contributed by atoms with Crippen molar-refractivity contribution >= 4 is 15.8 Å². The Labute approximate surface area is 116 Å². The van der Waals surface area contributed by atoms with Crippen LogP contribution >= 0.6 is 0 Å². The lowest BCUT2D eigenvalue weighted by atomic mass is 10.00. The Morgan fingerprint density at radius 1 is 1.32 bits per heavy atom. The molecule has 2 fully saturated rings. The molecule has 2 saturated heterocycles. The largest absolute Gasteiger partial charge is 0.370 e. The minimum Gasteiger partial charge on any atom is -0.370 e. The number of piperidine rings is 1. The van der Waals surface area contributed by atoms with Gasteiger partial charge in [0.2, 0.25) is 0 Å². The average molecular weight is 287 g/mol. The molecule has 5 nitrogen and oxygen atoms in total. The lowest BCUT2D eigenvalue weighted by Crippen LogP contribution is -2.43. The Morgan fingerprint density at radius 3 is 2.63 bits per heavy atom. The van der Waals surface area contributed by atoms with E-state index in [2.05, 4.69) is 16.8 Å². The van der Waals surface area contributed by atoms with Crippen molar-refractivity contribution in [3.05, 3.63) is 0 Å². The third kappa shape index (κ3) is 4.37. The minimum atomic E-state index is -2.84. The maximum Gasteiger partial charge on any atom is 0.191 e. The highest BCUT2D eigenvalue weighted by atomic mass is 32.2. The van der Waals surface area contributed by atoms with Crippen molar-refractivity contribution < 1.29 is 8.42 Å². The molecule has 0 saturated carbocycles. The second-order valence-corrected chi connectivity index (χ2v) is 8.22. The van der Waals surface area contributed by atoms with E-state index in [0.717, 1.165) is 44.7 Å². The first-order valence-electron chi connectivity index (χ1n) is 7.21. The molecular weight excluding hydrogens is 262 g/mol. The number of sulfone groups is 1. The van der Waals surface area contributed by atoms with E-state index < -0.39 is 9.84 Å². The van der Waals surface area contributed by atoms with Gasteiger partial charge in [0.15, 0.2) is 15.8 Å². The smallest absolute Gasteiger partial charge is 0.191 e. The van der Waals surface area contributed by atoms with Gasteiger partial charge in [-0.05, 0) is 37.5 Å². The zero-order valence-corrected chi connectivity index (χ0v) is 12.5. The monoisotopic (exact) mass is 287 g/mol. The van der Waals surface area contributed by atoms with Crippen molar-refractivity contribution in [2.75, 3.05) is 31.1 Å². The minimum absolute atomic E-state index is 0.154. The molecule has 2 aliphatic heterocycles. The first kappa shape index (κ1) is 14.6. The highest BCUT2D eigenvalue weighted by molar-refractivity contribution is 7.91. The maximum absolute atomic E-state index is 11.6. The van der Waals surface area contributed by atoms with Crippen LogP contribution in [-0.2, 0) is 9.84 Å². The maximum atomic E-state index is 11.6. The summed E-state index contributed by atoms with van der Waals surface area (Å²) < 4.78 is 23.1. The standard InChI is InChI=1S/C13H25N3O2S/c1-11-4-6-16(7-5-11)13(14)15-9-12-3-2-8-19(17,18)10-12/h11-12H,2-10H2,1H3,(H2,14,15). The lowest BCUT2D eigenvalue weighted by molar-refractivity contribution is 0.277. The van der Waals surface area contributed by atoms with Crippen molar-refractivity contribution in [2.24, 2.45) is 22.6 Å². The van der Waals surface area contributed by atoms with Gasteiger partial charge in [0.05, 0.1) is 11.5 Å². The summed E-state index contributed by atoms with van der Waals surface area (Å²) in [5.74, 6) is 2.14. The number of hydrogen-bond donors (Lipinski definition) is 1. The highest BCUT2D eigenvalue weighted by Gasteiger charge is 2.25. The summed E-state index contributed by atoms with van der Waals surface area (Å²) in [6.07, 6.45) is 4.04. The molecule has 19 heavy (non-hydrogen) atoms. The molecule has 0 amide bonds. The van der Waals surface area contributed by atoms with Crippen LogP contribution in [0.1, 0.15) is 32.6 Å². The van der Waals surface area contributed by atoms with E-state index in [4.69, 9.17) is 5.73 Å². The van der Waals surface area contributed by atoms with Crippen LogP contribution in [0.3, 0.4) is 0 Å². The average Bonchev–Trinajstić information content (AvgIpc) is 2.36. The normalized spacial score (nSPS) is 29.4. The van der Waals surface area contributed by atoms with Crippen LogP contribution in [0.2, 0.25) is 0 Å². The summed E-state index contributed by atoms with van der Waals surface area (Å²) in [6, 6.07) is 0. The molecule has 0 aliphatic carbocycles. The fraction of sp³-hybridized carbons (Fsp3) is 0.923. The van der Waals surface area contributed by atoms with E-state index in [1.165, 1.54) is 0 Å². The molecule has 0 spiro atoms. The van der Waals surface area contributed by atoms with E-state index in [1.807, 2.05) is 0 Å². The van der Waals surface area contributed by atoms with Crippen LogP contribution in [0.15, 0.2) is 4.99 Å². The van der Waals surface area contributed by atoms with Crippen LogP contribution in [0, 0.1) is 11.8 Å². The van der Waals surface area contributed by atoms with Gasteiger partial charge in [0, 0.05) is 19.6 Å². The lowest BCUT2D eigenvalue weighted by Gasteiger charge is -2.31. The van der Waals surface area contributed by atoms with Crippen molar-refractivity contribution in [1.82, 2.24) is 4.90 Å². The van der Waals surface area contributed by atoms with E-state index in [0.29, 0.717) is 18.3 Å². The molecule has 6 heteroatoms. The van der Waals surface area contributed by atoms with E-state index in [-0.39, 0.29) is 11.7 Å². The van der Waals surface area contributed by atoms with Crippen LogP contribution < -0.4 is 5.73 Å². The summed E-state index contributed by atoms with van der Waals surface area (Å²) in [6.45, 7) is 4.76. The van der Waals surface area contributed by atoms with Crippen molar-refractivity contribution in [1.29, 1.82) is 0 Å². The molecule has 0 aromatic carbocycles. The molecular formula is C13H25N3O2S. The Bertz CT molecular complexity index is 425. The van der Waals surface area contributed by atoms with E-state index in [1.54, 1.807) is 0 Å². The number of nitrogens with two attached hydrogens (primary N) is 1. The highest BCUT2D eigenvalue weighted by Crippen LogP contribution is 2.19. The molecule has 0 radical (unpaired) electrons. The van der Waals surface area contributed by atoms with Gasteiger partial charge in [0.25, 0.3) is 0 Å². The SMILES string of the molecule is CC1CCN(C(N)=NCC2CCCS(=O)(=O)C2)CC1. The fourth-order valence-corrected chi connectivity index (χ4v) is 4.59. The van der Waals surface area contributed by atoms with Gasteiger partial charge in [-0.3, -0.25) is 4.99 Å². The van der Waals surface area contributed by atoms with E-state index in [9.17, 15) is 8.42 Å². The predicted molar refractivity (Wildman–Crippen MR) is 77.8 cm³/mol. The second kappa shape index (κ2) is 6.11. The molecule has 2 rings (SSSR count). The van der Waals surface area contributed by atoms with Crippen LogP contribution in [0.25, 0.3) is 0 Å². The quantitative estimate of drug-likeness (QED) is 0.603. The molecule has 1 unspecified atom stereocenters. The Morgan fingerprint density at radius 2 is 2.00 bits per heavy atom. The molecule has 0 bridgehead atoms. The number of likely N-dealkylation sites (tertiary alicyclic amines) is 1. The number of aliphatic imine (C=N–C) groups is 1. The van der Waals surface area contributed by atoms with Gasteiger partial charge in [0.1, 0.15) is 0 Å². The molecule has 2 aliphatic rings. The summed E-state index contributed by atoms with van der Waals surface area (Å²) in [5.41, 5.74) is 6.01. The number of guanidine groups is 1. The molecule has 1 atom stereocenters. The van der Waals surface area contributed by atoms with Crippen molar-refractivity contribution in [3.63, 3.8) is 0 Å². The third-order valence-corrected chi connectivity index (χ3v) is 6.07. The number of hydrogen-bond acceptors (Lipinski definition) is 3. The first-order valence-corrected chi connectivity index (χ1v) is 9.04. The summed E-state index contributed by atoms with van der Waals surface area (Å²) >= 11 is 0. The van der Waals surface area contributed by atoms with Crippen LogP contribution in [0.4, 0.5) is 0 Å². The summed E-state index contributed by atoms with van der Waals surface area (Å²) in [5, 5.41) is 0. The molecule has 0 aromatic heterocycles. The third-order valence-electron chi connectivity index (χ3n) is 4.18. The van der Waals surface area contributed by atoms with Gasteiger partial charge in [-0.25, -0.2) is 8.42 Å². The predicted octanol–water partition coefficient (Wildman–Crippen LogP) is 0.858. The molecule has 110 valence electrons. The van der Waals surface area contributed by atoms with Crippen LogP contribution in [-0.4, -0.2) is 50.4 Å². The van der Waals surface area contributed by atoms with Crippen LogP contribution in [0.5, 0.6) is 0 Å². The molecule has 2 N–H and O–H groups in total. The fourth-order valence-electron chi connectivity index (χ4n) is 2.82. The van der Waals surface area contributed by atoms with Gasteiger partial charge < -0.3 is 10.6 Å². The first-order chi connectivity index (χ1) is 8.96. The number of nitrogens with zero attached hydrogens (tertiary/aromatic N) is 2. The molecule has 0 aromatic rings. The Hall–Kier alpha value is -0.780. The van der Waals surface area contributed by atoms with Gasteiger partial charge >= 0.3 is 0 Å². The zero-order valence-electron chi connectivity index (χ0n) is 11.7. The van der Waals surface area contributed by atoms with Crippen molar-refractivity contribution in [2.45, 2.75) is 32.6 Å². The van der Waals surface area contributed by atoms with E-state index >= 15 is 0 Å². The second-order valence-electron chi connectivity index (χ2n) is 5.99. The summed E-state index contributed by atoms with van der Waals surface area (Å²) in [4.78, 5) is 6.54. The van der Waals surface area contributed by atoms with Gasteiger partial charge in [-0.15, -0.1) is 0 Å². The van der Waals surface area contributed by atoms with Crippen molar-refractivity contribution in [3.8, 4) is 0 Å². The Balaban J connectivity index is 1.84. The zero-order chi connectivity index (χ0) is 13.9.